The minimum absolute atomic E-state index is 0.0513. The van der Waals surface area contributed by atoms with Crippen LogP contribution >= 0.6 is 34.2 Å². The summed E-state index contributed by atoms with van der Waals surface area (Å²) in [7, 11) is 0. The van der Waals surface area contributed by atoms with E-state index in [0.29, 0.717) is 14.7 Å². The van der Waals surface area contributed by atoms with Crippen LogP contribution in [0.15, 0.2) is 12.1 Å². The summed E-state index contributed by atoms with van der Waals surface area (Å²) in [4.78, 5) is 11.4. The van der Waals surface area contributed by atoms with Crippen LogP contribution < -0.4 is 0 Å². The van der Waals surface area contributed by atoms with Crippen LogP contribution in [0.25, 0.3) is 0 Å². The number of aryl methyl sites for hydroxylation is 1. The standard InChI is InChI=1S/C10H7ClINO/c1-6-2-7(5-13)10(12)8(3-6)9(14)4-11/h2-3H,4H2,1H3. The second kappa shape index (κ2) is 4.76. The van der Waals surface area contributed by atoms with Gasteiger partial charge in [-0.3, -0.25) is 4.79 Å². The van der Waals surface area contributed by atoms with Gasteiger partial charge in [-0.05, 0) is 47.2 Å². The van der Waals surface area contributed by atoms with E-state index in [4.69, 9.17) is 16.9 Å². The van der Waals surface area contributed by atoms with Gasteiger partial charge in [0.05, 0.1) is 11.4 Å². The Bertz CT molecular complexity index is 423. The van der Waals surface area contributed by atoms with Gasteiger partial charge in [-0.1, -0.05) is 0 Å². The number of halogens is 2. The fourth-order valence-corrected chi connectivity index (χ4v) is 2.00. The Morgan fingerprint density at radius 3 is 2.79 bits per heavy atom. The van der Waals surface area contributed by atoms with Crippen molar-refractivity contribution in [3.63, 3.8) is 0 Å². The van der Waals surface area contributed by atoms with Crippen LogP contribution in [0.2, 0.25) is 0 Å². The molecule has 0 saturated carbocycles. The molecule has 0 radical (unpaired) electrons. The number of Topliss-reactive ketones (excluding diaryl/α,β-unsaturated/α-hetero) is 1. The topological polar surface area (TPSA) is 40.9 Å². The van der Waals surface area contributed by atoms with E-state index in [1.165, 1.54) is 0 Å². The van der Waals surface area contributed by atoms with Crippen molar-refractivity contribution in [2.45, 2.75) is 6.92 Å². The highest BCUT2D eigenvalue weighted by Gasteiger charge is 2.12. The largest absolute Gasteiger partial charge is 0.293 e. The molecule has 0 atom stereocenters. The van der Waals surface area contributed by atoms with Crippen molar-refractivity contribution in [1.29, 1.82) is 5.26 Å². The minimum atomic E-state index is -0.142. The number of rotatable bonds is 2. The van der Waals surface area contributed by atoms with E-state index in [-0.39, 0.29) is 11.7 Å². The molecule has 0 spiro atoms. The molecule has 0 aliphatic rings. The number of alkyl halides is 1. The third kappa shape index (κ3) is 2.25. The molecule has 0 aliphatic heterocycles. The number of ketones is 1. The molecule has 2 nitrogen and oxygen atoms in total. The van der Waals surface area contributed by atoms with Gasteiger partial charge in [0.15, 0.2) is 5.78 Å². The van der Waals surface area contributed by atoms with Gasteiger partial charge in [0.2, 0.25) is 0 Å². The molecule has 0 fully saturated rings. The van der Waals surface area contributed by atoms with Crippen molar-refractivity contribution >= 4 is 40.0 Å². The molecule has 4 heteroatoms. The summed E-state index contributed by atoms with van der Waals surface area (Å²) in [5.74, 6) is -0.194. The Hall–Kier alpha value is -0.600. The van der Waals surface area contributed by atoms with Gasteiger partial charge in [0.1, 0.15) is 6.07 Å². The number of carbonyl (C=O) groups excluding carboxylic acids is 1. The van der Waals surface area contributed by atoms with Crippen LogP contribution in [-0.2, 0) is 0 Å². The number of hydrogen-bond acceptors (Lipinski definition) is 2. The first-order valence-electron chi connectivity index (χ1n) is 3.89. The van der Waals surface area contributed by atoms with E-state index >= 15 is 0 Å². The molecule has 0 bridgehead atoms. The van der Waals surface area contributed by atoms with E-state index < -0.39 is 0 Å². The third-order valence-corrected chi connectivity index (χ3v) is 3.16. The molecule has 72 valence electrons. The Kier molecular flexibility index (Phi) is 3.90. The van der Waals surface area contributed by atoms with Gasteiger partial charge < -0.3 is 0 Å². The van der Waals surface area contributed by atoms with E-state index in [9.17, 15) is 4.79 Å². The quantitative estimate of drug-likeness (QED) is 0.478. The molecule has 1 aromatic rings. The highest BCUT2D eigenvalue weighted by molar-refractivity contribution is 14.1. The van der Waals surface area contributed by atoms with E-state index in [1.54, 1.807) is 12.1 Å². The molecular formula is C10H7ClINO. The fourth-order valence-electron chi connectivity index (χ4n) is 1.13. The van der Waals surface area contributed by atoms with E-state index in [1.807, 2.05) is 29.5 Å². The first kappa shape index (κ1) is 11.5. The lowest BCUT2D eigenvalue weighted by atomic mass is 10.0. The number of hydrogen-bond donors (Lipinski definition) is 0. The first-order chi connectivity index (χ1) is 6.60. The smallest absolute Gasteiger partial charge is 0.178 e. The lowest BCUT2D eigenvalue weighted by Gasteiger charge is -2.04. The zero-order valence-electron chi connectivity index (χ0n) is 7.47. The lowest BCUT2D eigenvalue weighted by Crippen LogP contribution is -2.05. The SMILES string of the molecule is Cc1cc(C#N)c(I)c(C(=O)CCl)c1. The van der Waals surface area contributed by atoms with Crippen LogP contribution in [0.1, 0.15) is 21.5 Å². The van der Waals surface area contributed by atoms with E-state index in [0.717, 1.165) is 5.56 Å². The maximum atomic E-state index is 11.4. The maximum Gasteiger partial charge on any atom is 0.178 e. The second-order valence-electron chi connectivity index (χ2n) is 2.84. The molecule has 1 aromatic carbocycles. The number of benzene rings is 1. The van der Waals surface area contributed by atoms with Gasteiger partial charge in [0.25, 0.3) is 0 Å². The van der Waals surface area contributed by atoms with Gasteiger partial charge in [-0.2, -0.15) is 5.26 Å². The molecule has 0 amide bonds. The van der Waals surface area contributed by atoms with Crippen LogP contribution in [0.3, 0.4) is 0 Å². The van der Waals surface area contributed by atoms with E-state index in [2.05, 4.69) is 6.07 Å². The molecule has 0 aliphatic carbocycles. The van der Waals surface area contributed by atoms with Crippen molar-refractivity contribution < 1.29 is 4.79 Å². The summed E-state index contributed by atoms with van der Waals surface area (Å²) in [5.41, 5.74) is 1.96. The predicted molar refractivity (Wildman–Crippen MR) is 63.7 cm³/mol. The van der Waals surface area contributed by atoms with Gasteiger partial charge in [-0.25, -0.2) is 0 Å². The maximum absolute atomic E-state index is 11.4. The van der Waals surface area contributed by atoms with Crippen molar-refractivity contribution in [1.82, 2.24) is 0 Å². The zero-order chi connectivity index (χ0) is 10.7. The van der Waals surface area contributed by atoms with Crippen molar-refractivity contribution in [2.24, 2.45) is 0 Å². The Morgan fingerprint density at radius 2 is 2.29 bits per heavy atom. The lowest BCUT2D eigenvalue weighted by molar-refractivity contribution is 0.102. The number of carbonyl (C=O) groups is 1. The molecule has 0 heterocycles. The summed E-state index contributed by atoms with van der Waals surface area (Å²) in [5, 5.41) is 8.82. The van der Waals surface area contributed by atoms with Crippen molar-refractivity contribution in [2.75, 3.05) is 5.88 Å². The van der Waals surface area contributed by atoms with Gasteiger partial charge in [-0.15, -0.1) is 11.6 Å². The Labute approximate surface area is 101 Å². The Morgan fingerprint density at radius 1 is 1.64 bits per heavy atom. The predicted octanol–water partition coefficient (Wildman–Crippen LogP) is 2.89. The molecule has 0 N–H and O–H groups in total. The van der Waals surface area contributed by atoms with Gasteiger partial charge >= 0.3 is 0 Å². The van der Waals surface area contributed by atoms with Gasteiger partial charge in [0, 0.05) is 9.13 Å². The molecule has 14 heavy (non-hydrogen) atoms. The first-order valence-corrected chi connectivity index (χ1v) is 5.51. The van der Waals surface area contributed by atoms with Crippen molar-refractivity contribution in [3.8, 4) is 6.07 Å². The molecular weight excluding hydrogens is 312 g/mol. The number of nitriles is 1. The van der Waals surface area contributed by atoms with Crippen LogP contribution in [-0.4, -0.2) is 11.7 Å². The van der Waals surface area contributed by atoms with Crippen LogP contribution in [0.5, 0.6) is 0 Å². The fraction of sp³-hybridized carbons (Fsp3) is 0.200. The molecule has 1 rings (SSSR count). The minimum Gasteiger partial charge on any atom is -0.293 e. The zero-order valence-corrected chi connectivity index (χ0v) is 10.4. The summed E-state index contributed by atoms with van der Waals surface area (Å²) < 4.78 is 0.682. The monoisotopic (exact) mass is 319 g/mol. The number of nitrogens with zero attached hydrogens (tertiary/aromatic N) is 1. The molecule has 0 aromatic heterocycles. The molecule has 0 unspecified atom stereocenters. The summed E-state index contributed by atoms with van der Waals surface area (Å²) in [6, 6.07) is 5.57. The summed E-state index contributed by atoms with van der Waals surface area (Å²) >= 11 is 7.46. The molecule has 0 saturated heterocycles. The average molecular weight is 320 g/mol. The normalized spacial score (nSPS) is 9.57. The summed E-state index contributed by atoms with van der Waals surface area (Å²) in [6.07, 6.45) is 0. The van der Waals surface area contributed by atoms with Crippen LogP contribution in [0.4, 0.5) is 0 Å². The third-order valence-electron chi connectivity index (χ3n) is 1.76. The average Bonchev–Trinajstić information content (AvgIpc) is 2.19. The van der Waals surface area contributed by atoms with Crippen LogP contribution in [0, 0.1) is 21.8 Å². The highest BCUT2D eigenvalue weighted by Crippen LogP contribution is 2.20. The van der Waals surface area contributed by atoms with Crippen molar-refractivity contribution in [3.05, 3.63) is 32.4 Å². The highest BCUT2D eigenvalue weighted by atomic mass is 127. The summed E-state index contributed by atoms with van der Waals surface area (Å²) in [6.45, 7) is 1.85. The second-order valence-corrected chi connectivity index (χ2v) is 4.19. The Balaban J connectivity index is 3.38.